The van der Waals surface area contributed by atoms with E-state index in [1.165, 1.54) is 0 Å². The highest BCUT2D eigenvalue weighted by atomic mass is 127. The third kappa shape index (κ3) is 37.8. The summed E-state index contributed by atoms with van der Waals surface area (Å²) in [5, 5.41) is 10.7. The first-order chi connectivity index (χ1) is 25.8. The molecule has 310 valence electrons. The van der Waals surface area contributed by atoms with Gasteiger partial charge < -0.3 is 69.6 Å². The molecule has 1 atom stereocenters. The Labute approximate surface area is 326 Å². The second kappa shape index (κ2) is 39.4. The average molecular weight is 881 g/mol. The molecule has 0 aliphatic rings. The molecule has 0 fully saturated rings. The first kappa shape index (κ1) is 50.7. The van der Waals surface area contributed by atoms with Crippen LogP contribution in [0.1, 0.15) is 32.6 Å². The third-order valence-electron chi connectivity index (χ3n) is 6.36. The van der Waals surface area contributed by atoms with Gasteiger partial charge in [0.25, 0.3) is 0 Å². The summed E-state index contributed by atoms with van der Waals surface area (Å²) in [5.74, 6) is -1.51. The summed E-state index contributed by atoms with van der Waals surface area (Å²) in [6.07, 6.45) is 3.02. The topological polar surface area (TPSA) is 255 Å². The molecule has 0 aliphatic carbocycles. The molecule has 0 spiro atoms. The molecular weight excluding hydrogens is 819 g/mol. The van der Waals surface area contributed by atoms with Gasteiger partial charge in [-0.3, -0.25) is 24.0 Å². The van der Waals surface area contributed by atoms with Crippen molar-refractivity contribution in [3.05, 3.63) is 0 Å². The summed E-state index contributed by atoms with van der Waals surface area (Å²) in [6.45, 7) is 6.84. The number of unbranched alkanes of at least 4 members (excludes halogenated alkanes) is 1. The van der Waals surface area contributed by atoms with Crippen LogP contribution in [0.15, 0.2) is 0 Å². The molecule has 20 nitrogen and oxygen atoms in total. The zero-order valence-corrected chi connectivity index (χ0v) is 33.1. The summed E-state index contributed by atoms with van der Waals surface area (Å²) in [7, 11) is 0. The Morgan fingerprint density at radius 3 is 1.28 bits per heavy atom. The van der Waals surface area contributed by atoms with Crippen molar-refractivity contribution in [3.8, 4) is 0 Å². The minimum absolute atomic E-state index is 0.0171. The largest absolute Gasteiger partial charge is 0.379 e. The van der Waals surface area contributed by atoms with Crippen molar-refractivity contribution in [2.75, 3.05) is 139 Å². The molecule has 53 heavy (non-hydrogen) atoms. The highest BCUT2D eigenvalue weighted by molar-refractivity contribution is 14.1. The predicted octanol–water partition coefficient (Wildman–Crippen LogP) is -2.07. The summed E-state index contributed by atoms with van der Waals surface area (Å²) in [5.41, 5.74) is 5.26. The van der Waals surface area contributed by atoms with Crippen LogP contribution in [0.4, 0.5) is 0 Å². The van der Waals surface area contributed by atoms with E-state index in [2.05, 4.69) is 24.8 Å². The molecule has 0 heterocycles. The quantitative estimate of drug-likeness (QED) is 0.0167. The summed E-state index contributed by atoms with van der Waals surface area (Å²) in [6, 6.07) is -0.378. The van der Waals surface area contributed by atoms with Crippen molar-refractivity contribution in [2.24, 2.45) is 5.73 Å². The Hall–Kier alpha value is -2.32. The Kier molecular flexibility index (Phi) is 37.7. The molecule has 0 radical (unpaired) electrons. The maximum atomic E-state index is 11.8. The lowest BCUT2D eigenvalue weighted by molar-refractivity contribution is -0.133. The summed E-state index contributed by atoms with van der Waals surface area (Å²) >= 11 is 1.89. The van der Waals surface area contributed by atoms with E-state index >= 15 is 0 Å². The van der Waals surface area contributed by atoms with Crippen molar-refractivity contribution in [1.29, 1.82) is 0 Å². The minimum Gasteiger partial charge on any atom is -0.379 e. The van der Waals surface area contributed by atoms with Crippen LogP contribution in [0.25, 0.3) is 0 Å². The van der Waals surface area contributed by atoms with E-state index in [-0.39, 0.29) is 116 Å². The van der Waals surface area contributed by atoms with E-state index in [1.54, 1.807) is 0 Å². The second-order valence-corrected chi connectivity index (χ2v) is 11.6. The molecule has 0 saturated heterocycles. The van der Waals surface area contributed by atoms with Gasteiger partial charge in [0.1, 0.15) is 33.2 Å². The van der Waals surface area contributed by atoms with Crippen molar-refractivity contribution >= 4 is 52.4 Å². The zero-order chi connectivity index (χ0) is 39.0. The summed E-state index contributed by atoms with van der Waals surface area (Å²) in [4.78, 5) is 58.2. The smallest absolute Gasteiger partial charge is 0.246 e. The molecular formula is C32H61IN6O14. The lowest BCUT2D eigenvalue weighted by Crippen LogP contribution is -2.36. The number of nitrogens with one attached hydrogen (secondary N) is 5. The van der Waals surface area contributed by atoms with Gasteiger partial charge in [-0.15, -0.1) is 0 Å². The monoisotopic (exact) mass is 880 g/mol. The number of rotatable bonds is 40. The predicted molar refractivity (Wildman–Crippen MR) is 199 cm³/mol. The molecule has 0 aliphatic heterocycles. The number of ether oxygens (including phenoxy) is 9. The van der Waals surface area contributed by atoms with E-state index in [1.807, 2.05) is 29.8 Å². The van der Waals surface area contributed by atoms with Gasteiger partial charge in [0.05, 0.1) is 78.7 Å². The van der Waals surface area contributed by atoms with Crippen LogP contribution < -0.4 is 30.5 Å². The van der Waals surface area contributed by atoms with Gasteiger partial charge in [-0.2, -0.15) is 0 Å². The molecule has 0 unspecified atom stereocenters. The third-order valence-corrected chi connectivity index (χ3v) is 7.11. The SMILES string of the molecule is CCCOCCOCOCC(=O)NCCOCCOCC(=O)NCCOCCOCC(=O)NCCOCCOCC(=O)NCCCC[C@H](NI)C(N)=O. The van der Waals surface area contributed by atoms with Crippen molar-refractivity contribution in [2.45, 2.75) is 38.6 Å². The van der Waals surface area contributed by atoms with Gasteiger partial charge in [-0.05, 0) is 25.7 Å². The van der Waals surface area contributed by atoms with Gasteiger partial charge in [0, 0.05) is 55.7 Å². The van der Waals surface area contributed by atoms with E-state index in [9.17, 15) is 24.0 Å². The molecule has 0 aromatic heterocycles. The van der Waals surface area contributed by atoms with Crippen LogP contribution in [0.2, 0.25) is 0 Å². The molecule has 7 N–H and O–H groups in total. The van der Waals surface area contributed by atoms with E-state index < -0.39 is 5.91 Å². The minimum atomic E-state index is -0.400. The highest BCUT2D eigenvalue weighted by Crippen LogP contribution is 2.01. The number of nitrogens with two attached hydrogens (primary N) is 1. The maximum absolute atomic E-state index is 11.8. The van der Waals surface area contributed by atoms with Gasteiger partial charge in [-0.1, -0.05) is 6.92 Å². The Bertz CT molecular complexity index is 943. The van der Waals surface area contributed by atoms with Crippen LogP contribution in [-0.2, 0) is 66.6 Å². The lowest BCUT2D eigenvalue weighted by Gasteiger charge is -2.11. The molecule has 0 bridgehead atoms. The van der Waals surface area contributed by atoms with E-state index in [0.717, 1.165) is 19.3 Å². The molecule has 5 amide bonds. The molecule has 0 aromatic carbocycles. The fourth-order valence-electron chi connectivity index (χ4n) is 3.71. The average Bonchev–Trinajstić information content (AvgIpc) is 3.13. The lowest BCUT2D eigenvalue weighted by atomic mass is 10.1. The number of primary amides is 1. The van der Waals surface area contributed by atoms with Crippen LogP contribution in [-0.4, -0.2) is 174 Å². The van der Waals surface area contributed by atoms with Gasteiger partial charge >= 0.3 is 0 Å². The van der Waals surface area contributed by atoms with Crippen LogP contribution in [0.5, 0.6) is 0 Å². The van der Waals surface area contributed by atoms with Crippen molar-refractivity contribution < 1.29 is 66.6 Å². The Balaban J connectivity index is 3.40. The number of amides is 5. The van der Waals surface area contributed by atoms with Crippen LogP contribution >= 0.6 is 22.9 Å². The Morgan fingerprint density at radius 2 is 0.868 bits per heavy atom. The standard InChI is InChI=1S/C32H61IN6O14/c1-2-10-45-17-21-52-26-53-25-31(43)38-9-13-48-16-20-51-24-30(42)37-8-12-47-15-19-50-23-29(41)36-7-11-46-14-18-49-22-28(40)35-6-4-3-5-27(39-33)32(34)44/h27,39H,2-26H2,1H3,(H2,34,44)(H,35,40)(H,36,41)(H,37,42)(H,38,43)/t27-/m0/s1. The number of hydrogen-bond donors (Lipinski definition) is 6. The molecule has 21 heteroatoms. The normalized spacial score (nSPS) is 11.6. The van der Waals surface area contributed by atoms with Gasteiger partial charge in [0.15, 0.2) is 0 Å². The van der Waals surface area contributed by atoms with Gasteiger partial charge in [0.2, 0.25) is 29.5 Å². The number of carbonyl (C=O) groups is 5. The molecule has 0 aromatic rings. The van der Waals surface area contributed by atoms with E-state index in [4.69, 9.17) is 48.4 Å². The first-order valence-corrected chi connectivity index (χ1v) is 18.8. The van der Waals surface area contributed by atoms with Crippen molar-refractivity contribution in [1.82, 2.24) is 24.8 Å². The number of carbonyl (C=O) groups excluding carboxylic acids is 5. The molecule has 0 saturated carbocycles. The van der Waals surface area contributed by atoms with Crippen LogP contribution in [0.3, 0.4) is 0 Å². The van der Waals surface area contributed by atoms with Gasteiger partial charge in [-0.25, -0.2) is 3.53 Å². The highest BCUT2D eigenvalue weighted by Gasteiger charge is 2.12. The fraction of sp³-hybridized carbons (Fsp3) is 0.844. The number of halogens is 1. The maximum Gasteiger partial charge on any atom is 0.246 e. The van der Waals surface area contributed by atoms with Crippen LogP contribution in [0, 0.1) is 0 Å². The zero-order valence-electron chi connectivity index (χ0n) is 30.9. The van der Waals surface area contributed by atoms with E-state index in [0.29, 0.717) is 59.0 Å². The Morgan fingerprint density at radius 1 is 0.491 bits per heavy atom. The summed E-state index contributed by atoms with van der Waals surface area (Å²) < 4.78 is 50.2. The second-order valence-electron chi connectivity index (χ2n) is 10.9. The van der Waals surface area contributed by atoms with Crippen molar-refractivity contribution in [3.63, 3.8) is 0 Å². The number of hydrogen-bond acceptors (Lipinski definition) is 15. The fourth-order valence-corrected chi connectivity index (χ4v) is 4.33. The first-order valence-electron chi connectivity index (χ1n) is 17.7. The molecule has 0 rings (SSSR count).